The minimum Gasteiger partial charge on any atom is -0.339 e. The minimum absolute atomic E-state index is 0.0184. The number of carbonyl (C=O) groups is 1. The molecule has 7 heteroatoms. The first kappa shape index (κ1) is 17.5. The molecule has 2 saturated heterocycles. The quantitative estimate of drug-likeness (QED) is 0.819. The van der Waals surface area contributed by atoms with E-state index in [2.05, 4.69) is 4.99 Å². The third-order valence-corrected chi connectivity index (χ3v) is 7.71. The van der Waals surface area contributed by atoms with Crippen LogP contribution in [0.5, 0.6) is 0 Å². The summed E-state index contributed by atoms with van der Waals surface area (Å²) in [5.74, 6) is 0.178. The van der Waals surface area contributed by atoms with Crippen molar-refractivity contribution < 1.29 is 13.2 Å². The number of hydrogen-bond donors (Lipinski definition) is 0. The van der Waals surface area contributed by atoms with E-state index in [0.29, 0.717) is 11.6 Å². The molecule has 0 aliphatic carbocycles. The summed E-state index contributed by atoms with van der Waals surface area (Å²) in [5.41, 5.74) is 1.10. The van der Waals surface area contributed by atoms with Crippen LogP contribution in [-0.2, 0) is 14.6 Å². The fraction of sp³-hybridized carbons (Fsp3) is 0.529. The van der Waals surface area contributed by atoms with E-state index in [0.717, 1.165) is 12.0 Å². The molecule has 3 atom stereocenters. The van der Waals surface area contributed by atoms with Gasteiger partial charge in [-0.2, -0.15) is 4.99 Å². The fourth-order valence-corrected chi connectivity index (χ4v) is 7.33. The number of sulfone groups is 1. The maximum absolute atomic E-state index is 12.0. The lowest BCUT2D eigenvalue weighted by Crippen LogP contribution is -2.39. The van der Waals surface area contributed by atoms with E-state index in [9.17, 15) is 13.2 Å². The summed E-state index contributed by atoms with van der Waals surface area (Å²) >= 11 is 1.44. The Balaban J connectivity index is 1.94. The van der Waals surface area contributed by atoms with E-state index >= 15 is 0 Å². The average molecular weight is 367 g/mol. The van der Waals surface area contributed by atoms with Crippen LogP contribution in [0.1, 0.15) is 38.3 Å². The SMILES string of the molecule is CCCC(=O)N=C1S[C@@H]2CS(=O)(=O)C[C@@H]2N1[C@@H](C)c1ccccc1. The second-order valence-electron chi connectivity index (χ2n) is 6.33. The van der Waals surface area contributed by atoms with Crippen LogP contribution in [0.15, 0.2) is 35.3 Å². The smallest absolute Gasteiger partial charge is 0.248 e. The predicted molar refractivity (Wildman–Crippen MR) is 97.9 cm³/mol. The van der Waals surface area contributed by atoms with Crippen LogP contribution in [0.3, 0.4) is 0 Å². The zero-order valence-corrected chi connectivity index (χ0v) is 15.5. The van der Waals surface area contributed by atoms with E-state index in [-0.39, 0.29) is 34.7 Å². The molecule has 130 valence electrons. The largest absolute Gasteiger partial charge is 0.339 e. The standard InChI is InChI=1S/C17H22N2O3S2/c1-3-7-16(20)18-17-19(12(2)13-8-5-4-6-9-13)14-10-24(21,22)11-15(14)23-17/h4-6,8-9,12,14-15H,3,7,10-11H2,1-2H3/t12-,14-,15+/m0/s1. The van der Waals surface area contributed by atoms with Gasteiger partial charge in [0.25, 0.3) is 0 Å². The summed E-state index contributed by atoms with van der Waals surface area (Å²) in [6, 6.07) is 9.82. The number of rotatable bonds is 4. The molecule has 2 aliphatic heterocycles. The Morgan fingerprint density at radius 3 is 2.71 bits per heavy atom. The Labute approximate surface area is 147 Å². The lowest BCUT2D eigenvalue weighted by Gasteiger charge is -2.31. The first-order chi connectivity index (χ1) is 11.4. The molecular weight excluding hydrogens is 344 g/mol. The highest BCUT2D eigenvalue weighted by molar-refractivity contribution is 8.15. The molecule has 0 N–H and O–H groups in total. The molecule has 0 unspecified atom stereocenters. The van der Waals surface area contributed by atoms with Gasteiger partial charge in [0.2, 0.25) is 5.91 Å². The van der Waals surface area contributed by atoms with Crippen LogP contribution in [-0.4, -0.2) is 47.2 Å². The summed E-state index contributed by atoms with van der Waals surface area (Å²) in [5, 5.41) is 0.643. The molecule has 2 heterocycles. The fourth-order valence-electron chi connectivity index (χ4n) is 3.31. The molecule has 1 aromatic carbocycles. The molecule has 24 heavy (non-hydrogen) atoms. The van der Waals surface area contributed by atoms with E-state index < -0.39 is 9.84 Å². The predicted octanol–water partition coefficient (Wildman–Crippen LogP) is 2.64. The monoisotopic (exact) mass is 366 g/mol. The lowest BCUT2D eigenvalue weighted by atomic mass is 10.1. The van der Waals surface area contributed by atoms with Crippen molar-refractivity contribution in [2.75, 3.05) is 11.5 Å². The molecule has 0 spiro atoms. The molecule has 0 saturated carbocycles. The number of aliphatic imine (C=N–C) groups is 1. The topological polar surface area (TPSA) is 66.8 Å². The molecule has 0 radical (unpaired) electrons. The third kappa shape index (κ3) is 3.52. The third-order valence-electron chi connectivity index (χ3n) is 4.49. The molecule has 2 fully saturated rings. The summed E-state index contributed by atoms with van der Waals surface area (Å²) < 4.78 is 24.1. The highest BCUT2D eigenvalue weighted by Gasteiger charge is 2.50. The van der Waals surface area contributed by atoms with E-state index in [1.807, 2.05) is 49.1 Å². The Kier molecular flexibility index (Phi) is 5.01. The van der Waals surface area contributed by atoms with Crippen molar-refractivity contribution in [2.24, 2.45) is 4.99 Å². The second-order valence-corrected chi connectivity index (χ2v) is 9.69. The maximum atomic E-state index is 12.0. The minimum atomic E-state index is -3.02. The van der Waals surface area contributed by atoms with Crippen molar-refractivity contribution in [3.05, 3.63) is 35.9 Å². The van der Waals surface area contributed by atoms with Gasteiger partial charge in [0.05, 0.1) is 23.6 Å². The maximum Gasteiger partial charge on any atom is 0.248 e. The first-order valence-electron chi connectivity index (χ1n) is 8.23. The Hall–Kier alpha value is -1.34. The number of amidine groups is 1. The van der Waals surface area contributed by atoms with Crippen molar-refractivity contribution in [2.45, 2.75) is 44.0 Å². The van der Waals surface area contributed by atoms with Gasteiger partial charge < -0.3 is 4.90 Å². The molecule has 5 nitrogen and oxygen atoms in total. The summed E-state index contributed by atoms with van der Waals surface area (Å²) in [6.45, 7) is 3.99. The molecule has 0 bridgehead atoms. The number of fused-ring (bicyclic) bond motifs is 1. The summed E-state index contributed by atoms with van der Waals surface area (Å²) in [4.78, 5) is 18.3. The van der Waals surface area contributed by atoms with Crippen LogP contribution in [0.2, 0.25) is 0 Å². The molecule has 3 rings (SSSR count). The normalized spacial score (nSPS) is 28.1. The Morgan fingerprint density at radius 1 is 1.33 bits per heavy atom. The van der Waals surface area contributed by atoms with Crippen molar-refractivity contribution in [1.29, 1.82) is 0 Å². The molecular formula is C17H22N2O3S2. The van der Waals surface area contributed by atoms with Gasteiger partial charge >= 0.3 is 0 Å². The molecule has 1 aromatic rings. The van der Waals surface area contributed by atoms with Gasteiger partial charge in [-0.3, -0.25) is 4.79 Å². The number of amides is 1. The highest BCUT2D eigenvalue weighted by Crippen LogP contribution is 2.42. The number of thioether (sulfide) groups is 1. The van der Waals surface area contributed by atoms with Crippen molar-refractivity contribution in [3.63, 3.8) is 0 Å². The van der Waals surface area contributed by atoms with Gasteiger partial charge in [0.15, 0.2) is 15.0 Å². The molecule has 1 amide bonds. The lowest BCUT2D eigenvalue weighted by molar-refractivity contribution is -0.117. The van der Waals surface area contributed by atoms with E-state index in [1.54, 1.807) is 0 Å². The first-order valence-corrected chi connectivity index (χ1v) is 10.9. The van der Waals surface area contributed by atoms with Crippen LogP contribution in [0, 0.1) is 0 Å². The number of carbonyl (C=O) groups excluding carboxylic acids is 1. The number of benzene rings is 1. The molecule has 2 aliphatic rings. The van der Waals surface area contributed by atoms with Gasteiger partial charge in [0, 0.05) is 11.7 Å². The highest BCUT2D eigenvalue weighted by atomic mass is 32.2. The zero-order chi connectivity index (χ0) is 17.3. The van der Waals surface area contributed by atoms with E-state index in [4.69, 9.17) is 0 Å². The van der Waals surface area contributed by atoms with Gasteiger partial charge in [-0.15, -0.1) is 0 Å². The van der Waals surface area contributed by atoms with Crippen LogP contribution < -0.4 is 0 Å². The Bertz CT molecular complexity index is 746. The van der Waals surface area contributed by atoms with Gasteiger partial charge in [-0.25, -0.2) is 8.42 Å². The van der Waals surface area contributed by atoms with E-state index in [1.165, 1.54) is 11.8 Å². The second kappa shape index (κ2) is 6.88. The van der Waals surface area contributed by atoms with Crippen molar-refractivity contribution in [1.82, 2.24) is 4.90 Å². The van der Waals surface area contributed by atoms with Crippen LogP contribution >= 0.6 is 11.8 Å². The molecule has 0 aromatic heterocycles. The van der Waals surface area contributed by atoms with Gasteiger partial charge in [-0.1, -0.05) is 49.0 Å². The average Bonchev–Trinajstić information content (AvgIpc) is 2.98. The van der Waals surface area contributed by atoms with Gasteiger partial charge in [-0.05, 0) is 18.9 Å². The van der Waals surface area contributed by atoms with Gasteiger partial charge in [0.1, 0.15) is 0 Å². The number of nitrogens with zero attached hydrogens (tertiary/aromatic N) is 2. The number of hydrogen-bond acceptors (Lipinski definition) is 4. The van der Waals surface area contributed by atoms with Crippen molar-refractivity contribution >= 4 is 32.7 Å². The van der Waals surface area contributed by atoms with Crippen LogP contribution in [0.25, 0.3) is 0 Å². The Morgan fingerprint density at radius 2 is 2.04 bits per heavy atom. The summed E-state index contributed by atoms with van der Waals surface area (Å²) in [7, 11) is -3.02. The van der Waals surface area contributed by atoms with Crippen LogP contribution in [0.4, 0.5) is 0 Å². The zero-order valence-electron chi connectivity index (χ0n) is 13.9. The van der Waals surface area contributed by atoms with Crippen molar-refractivity contribution in [3.8, 4) is 0 Å². The summed E-state index contributed by atoms with van der Waals surface area (Å²) in [6.07, 6.45) is 1.18.